The summed E-state index contributed by atoms with van der Waals surface area (Å²) in [5.74, 6) is 0.111. The van der Waals surface area contributed by atoms with E-state index < -0.39 is 11.5 Å². The second-order valence-corrected chi connectivity index (χ2v) is 10.8. The Morgan fingerprint density at radius 2 is 1.44 bits per heavy atom. The lowest BCUT2D eigenvalue weighted by molar-refractivity contribution is 0.00244. The van der Waals surface area contributed by atoms with Crippen LogP contribution < -0.4 is 0 Å². The number of hydrogen-bond acceptors (Lipinski definition) is 4. The van der Waals surface area contributed by atoms with Crippen LogP contribution in [0, 0.1) is 25.7 Å². The number of hydrogen-bond donors (Lipinski definition) is 3. The minimum Gasteiger partial charge on any atom is -0.507 e. The van der Waals surface area contributed by atoms with Gasteiger partial charge in [0.05, 0.1) is 0 Å². The van der Waals surface area contributed by atoms with Crippen molar-refractivity contribution in [1.29, 1.82) is 0 Å². The number of carbonyl (C=O) groups is 1. The number of aryl methyl sites for hydroxylation is 2. The lowest BCUT2D eigenvalue weighted by atomic mass is 9.66. The number of phenols is 2. The summed E-state index contributed by atoms with van der Waals surface area (Å²) >= 11 is 0. The Balaban J connectivity index is 1.87. The van der Waals surface area contributed by atoms with Crippen LogP contribution in [0.4, 0.5) is 0 Å². The number of rotatable bonds is 2. The van der Waals surface area contributed by atoms with Crippen molar-refractivity contribution in [2.45, 2.75) is 59.5 Å². The van der Waals surface area contributed by atoms with Crippen molar-refractivity contribution in [1.82, 2.24) is 0 Å². The first-order chi connectivity index (χ1) is 15.9. The Morgan fingerprint density at radius 1 is 0.824 bits per heavy atom. The van der Waals surface area contributed by atoms with Gasteiger partial charge in [-0.1, -0.05) is 39.8 Å². The Labute approximate surface area is 200 Å². The quantitative estimate of drug-likeness (QED) is 0.418. The minimum atomic E-state index is -1.74. The average molecular weight is 457 g/mol. The van der Waals surface area contributed by atoms with Crippen molar-refractivity contribution in [3.63, 3.8) is 0 Å². The smallest absolute Gasteiger partial charge is 0.199 e. The largest absolute Gasteiger partial charge is 0.507 e. The number of Topliss-reactive ketones (excluding diaryl/α,β-unsaturated/α-hetero) is 1. The molecular weight excluding hydrogens is 424 g/mol. The molecule has 0 spiro atoms. The molecule has 4 heteroatoms. The van der Waals surface area contributed by atoms with Gasteiger partial charge in [0.2, 0.25) is 0 Å². The lowest BCUT2D eigenvalue weighted by Gasteiger charge is -2.39. The predicted molar refractivity (Wildman–Crippen MR) is 134 cm³/mol. The van der Waals surface area contributed by atoms with Crippen LogP contribution in [0.15, 0.2) is 36.4 Å². The first-order valence-electron chi connectivity index (χ1n) is 12.1. The average Bonchev–Trinajstić information content (AvgIpc) is 2.74. The van der Waals surface area contributed by atoms with Crippen LogP contribution >= 0.6 is 0 Å². The van der Waals surface area contributed by atoms with E-state index in [1.165, 1.54) is 0 Å². The fourth-order valence-electron chi connectivity index (χ4n) is 6.02. The topological polar surface area (TPSA) is 77.8 Å². The molecule has 176 valence electrons. The third-order valence-corrected chi connectivity index (χ3v) is 7.82. The second-order valence-electron chi connectivity index (χ2n) is 10.8. The van der Waals surface area contributed by atoms with Gasteiger partial charge in [0.15, 0.2) is 11.4 Å². The maximum atomic E-state index is 13.9. The van der Waals surface area contributed by atoms with Gasteiger partial charge in [-0.05, 0) is 95.7 Å². The number of carbonyl (C=O) groups excluding carboxylic acids is 1. The van der Waals surface area contributed by atoms with Crippen LogP contribution in [0.1, 0.15) is 71.8 Å². The zero-order valence-electron chi connectivity index (χ0n) is 20.7. The molecule has 0 bridgehead atoms. The van der Waals surface area contributed by atoms with Crippen LogP contribution in [-0.2, 0) is 12.0 Å². The van der Waals surface area contributed by atoms with Gasteiger partial charge < -0.3 is 15.3 Å². The fourth-order valence-corrected chi connectivity index (χ4v) is 6.02. The molecule has 0 unspecified atom stereocenters. The first kappa shape index (κ1) is 22.7. The highest BCUT2D eigenvalue weighted by atomic mass is 16.3. The second kappa shape index (κ2) is 7.44. The Morgan fingerprint density at radius 3 is 2.06 bits per heavy atom. The Bertz CT molecular complexity index is 1360. The van der Waals surface area contributed by atoms with Crippen molar-refractivity contribution in [3.05, 3.63) is 69.8 Å². The van der Waals surface area contributed by atoms with Gasteiger partial charge in [-0.3, -0.25) is 4.79 Å². The molecule has 2 aliphatic rings. The summed E-state index contributed by atoms with van der Waals surface area (Å²) in [6.07, 6.45) is 0.779. The standard InChI is InChI=1S/C30H32O4/c1-14(2)19-11-18-12-22-23(13-20(18)27-21(19)7-16(5)9-25(27)31)29(33)30(34,15(3)4)24-8-17(6)10-26(32)28(22)24/h7-10,12-15,19,31-32,34H,11H2,1-6H3/t19-,30+/m1/s1. The van der Waals surface area contributed by atoms with Crippen LogP contribution in [-0.4, -0.2) is 21.1 Å². The molecule has 2 aliphatic carbocycles. The molecule has 0 amide bonds. The van der Waals surface area contributed by atoms with E-state index in [0.717, 1.165) is 39.8 Å². The van der Waals surface area contributed by atoms with Crippen LogP contribution in [0.3, 0.4) is 0 Å². The third-order valence-electron chi connectivity index (χ3n) is 7.82. The zero-order chi connectivity index (χ0) is 24.7. The lowest BCUT2D eigenvalue weighted by Crippen LogP contribution is -2.44. The van der Waals surface area contributed by atoms with Crippen LogP contribution in [0.2, 0.25) is 0 Å². The van der Waals surface area contributed by atoms with Gasteiger partial charge in [0.25, 0.3) is 0 Å². The number of ketones is 1. The highest BCUT2D eigenvalue weighted by Crippen LogP contribution is 2.53. The number of aromatic hydroxyl groups is 2. The zero-order valence-corrected chi connectivity index (χ0v) is 20.7. The molecule has 0 saturated heterocycles. The van der Waals surface area contributed by atoms with Crippen molar-refractivity contribution >= 4 is 5.78 Å². The number of phenolic OH excluding ortho intramolecular Hbond substituents is 2. The van der Waals surface area contributed by atoms with Gasteiger partial charge >= 0.3 is 0 Å². The molecule has 34 heavy (non-hydrogen) atoms. The Hall–Kier alpha value is -3.11. The molecule has 0 aromatic heterocycles. The molecule has 0 aliphatic heterocycles. The normalized spacial score (nSPS) is 20.7. The van der Waals surface area contributed by atoms with E-state index in [1.807, 2.05) is 45.9 Å². The summed E-state index contributed by atoms with van der Waals surface area (Å²) in [5.41, 5.74) is 5.82. The number of benzene rings is 3. The summed E-state index contributed by atoms with van der Waals surface area (Å²) in [4.78, 5) is 13.9. The SMILES string of the molecule is Cc1cc(O)c2c(c1)[C@@H](C(C)C)Cc1cc3c(cc1-2)C(=O)[C@](O)(C(C)C)c1cc(C)cc(O)c1-3. The maximum absolute atomic E-state index is 13.9. The van der Waals surface area contributed by atoms with Gasteiger partial charge in [-0.2, -0.15) is 0 Å². The van der Waals surface area contributed by atoms with E-state index in [1.54, 1.807) is 12.1 Å². The first-order valence-corrected chi connectivity index (χ1v) is 12.1. The van der Waals surface area contributed by atoms with Gasteiger partial charge in [0, 0.05) is 22.3 Å². The fraction of sp³-hybridized carbons (Fsp3) is 0.367. The molecule has 0 saturated carbocycles. The predicted octanol–water partition coefficient (Wildman–Crippen LogP) is 6.38. The number of aliphatic hydroxyl groups is 1. The van der Waals surface area contributed by atoms with Crippen molar-refractivity contribution < 1.29 is 20.1 Å². The van der Waals surface area contributed by atoms with Crippen molar-refractivity contribution in [3.8, 4) is 33.8 Å². The van der Waals surface area contributed by atoms with Crippen molar-refractivity contribution in [2.75, 3.05) is 0 Å². The monoisotopic (exact) mass is 456 g/mol. The Kier molecular flexibility index (Phi) is 4.96. The van der Waals surface area contributed by atoms with Crippen LogP contribution in [0.5, 0.6) is 11.5 Å². The van der Waals surface area contributed by atoms with Gasteiger partial charge in [-0.15, -0.1) is 0 Å². The van der Waals surface area contributed by atoms with E-state index >= 15 is 0 Å². The van der Waals surface area contributed by atoms with Gasteiger partial charge in [0.1, 0.15) is 11.5 Å². The molecule has 3 N–H and O–H groups in total. The third kappa shape index (κ3) is 2.98. The molecule has 3 aromatic rings. The van der Waals surface area contributed by atoms with E-state index in [0.29, 0.717) is 28.2 Å². The molecule has 3 aromatic carbocycles. The minimum absolute atomic E-state index is 0.0675. The maximum Gasteiger partial charge on any atom is 0.199 e. The summed E-state index contributed by atoms with van der Waals surface area (Å²) in [6.45, 7) is 11.8. The molecule has 2 atom stereocenters. The van der Waals surface area contributed by atoms with Crippen molar-refractivity contribution in [2.24, 2.45) is 11.8 Å². The van der Waals surface area contributed by atoms with E-state index in [4.69, 9.17) is 0 Å². The van der Waals surface area contributed by atoms with E-state index in [2.05, 4.69) is 19.9 Å². The summed E-state index contributed by atoms with van der Waals surface area (Å²) in [5, 5.41) is 33.8. The summed E-state index contributed by atoms with van der Waals surface area (Å²) < 4.78 is 0. The van der Waals surface area contributed by atoms with E-state index in [-0.39, 0.29) is 23.2 Å². The van der Waals surface area contributed by atoms with Crippen LogP contribution in [0.25, 0.3) is 22.3 Å². The highest BCUT2D eigenvalue weighted by molar-refractivity contribution is 6.14. The highest BCUT2D eigenvalue weighted by Gasteiger charge is 2.48. The molecule has 0 fully saturated rings. The summed E-state index contributed by atoms with van der Waals surface area (Å²) in [7, 11) is 0. The number of fused-ring (bicyclic) bond motifs is 6. The molecule has 0 radical (unpaired) electrons. The summed E-state index contributed by atoms with van der Waals surface area (Å²) in [6, 6.07) is 11.2. The molecule has 4 nitrogen and oxygen atoms in total. The molecular formula is C30H32O4. The van der Waals surface area contributed by atoms with E-state index in [9.17, 15) is 20.1 Å². The molecule has 0 heterocycles. The molecule has 5 rings (SSSR count). The van der Waals surface area contributed by atoms with Gasteiger partial charge in [-0.25, -0.2) is 0 Å².